The Balaban J connectivity index is 1.68. The smallest absolute Gasteiger partial charge is 0.301 e. The van der Waals surface area contributed by atoms with Crippen LogP contribution >= 0.6 is 0 Å². The third-order valence-electron chi connectivity index (χ3n) is 6.94. The molecule has 4 aromatic rings. The molecule has 1 aliphatic rings. The Hall–Kier alpha value is -5.71. The molecule has 11 nitrogen and oxygen atoms in total. The normalized spacial score (nSPS) is 14.2. The summed E-state index contributed by atoms with van der Waals surface area (Å²) in [5.74, 6) is 1.93. The molecule has 212 valence electrons. The number of methoxy groups -OCH3 is 2. The van der Waals surface area contributed by atoms with Crippen LogP contribution in [0.1, 0.15) is 28.2 Å². The van der Waals surface area contributed by atoms with Gasteiger partial charge in [-0.3, -0.25) is 25.7 Å². The summed E-state index contributed by atoms with van der Waals surface area (Å²) in [5, 5.41) is 27.2. The molecule has 1 aliphatic heterocycles. The van der Waals surface area contributed by atoms with Gasteiger partial charge in [0.25, 0.3) is 5.69 Å². The van der Waals surface area contributed by atoms with Crippen LogP contribution in [-0.2, 0) is 0 Å². The van der Waals surface area contributed by atoms with Crippen molar-refractivity contribution in [2.24, 2.45) is 5.10 Å². The molecule has 1 N–H and O–H groups in total. The Morgan fingerprint density at radius 3 is 2.26 bits per heavy atom. The summed E-state index contributed by atoms with van der Waals surface area (Å²) in [5.41, 5.74) is 6.19. The number of allylic oxidation sites excluding steroid dienone is 1. The number of rotatable bonds is 9. The first kappa shape index (κ1) is 27.8. The van der Waals surface area contributed by atoms with E-state index in [-0.39, 0.29) is 11.6 Å². The van der Waals surface area contributed by atoms with E-state index in [2.05, 4.69) is 10.5 Å². The van der Waals surface area contributed by atoms with E-state index in [4.69, 9.17) is 14.2 Å². The van der Waals surface area contributed by atoms with Crippen LogP contribution in [-0.4, -0.2) is 30.3 Å². The Morgan fingerprint density at radius 2 is 1.57 bits per heavy atom. The first-order chi connectivity index (χ1) is 20.3. The maximum Gasteiger partial charge on any atom is 0.301 e. The molecule has 0 spiro atoms. The Kier molecular flexibility index (Phi) is 7.82. The Bertz CT molecular complexity index is 1750. The predicted octanol–water partition coefficient (Wildman–Crippen LogP) is 6.86. The van der Waals surface area contributed by atoms with Crippen LogP contribution in [0.3, 0.4) is 0 Å². The molecule has 0 fully saturated rings. The van der Waals surface area contributed by atoms with Gasteiger partial charge in [-0.05, 0) is 48.4 Å². The molecule has 42 heavy (non-hydrogen) atoms. The third kappa shape index (κ3) is 5.35. The monoisotopic (exact) mass is 566 g/mol. The van der Waals surface area contributed by atoms with Crippen LogP contribution in [0.5, 0.6) is 17.2 Å². The average molecular weight is 567 g/mol. The van der Waals surface area contributed by atoms with Crippen molar-refractivity contribution in [2.45, 2.75) is 12.8 Å². The van der Waals surface area contributed by atoms with Gasteiger partial charge in [0.15, 0.2) is 11.5 Å². The zero-order chi connectivity index (χ0) is 29.8. The van der Waals surface area contributed by atoms with Gasteiger partial charge in [-0.2, -0.15) is 5.10 Å². The van der Waals surface area contributed by atoms with E-state index in [0.717, 1.165) is 22.8 Å². The largest absolute Gasteiger partial charge is 0.493 e. The molecular weight excluding hydrogens is 540 g/mol. The predicted molar refractivity (Wildman–Crippen MR) is 158 cm³/mol. The molecule has 0 saturated heterocycles. The molecule has 0 aliphatic carbocycles. The van der Waals surface area contributed by atoms with Crippen LogP contribution in [0, 0.1) is 27.2 Å². The second-order valence-corrected chi connectivity index (χ2v) is 9.37. The number of non-ortho nitro benzene ring substituents is 1. The van der Waals surface area contributed by atoms with E-state index in [1.807, 2.05) is 61.5 Å². The quantitative estimate of drug-likeness (QED) is 0.132. The number of hydrazone groups is 1. The fourth-order valence-corrected chi connectivity index (χ4v) is 4.91. The molecule has 1 unspecified atom stereocenters. The zero-order valence-corrected chi connectivity index (χ0v) is 22.9. The zero-order valence-electron chi connectivity index (χ0n) is 22.9. The Labute approximate surface area is 241 Å². The summed E-state index contributed by atoms with van der Waals surface area (Å²) in [4.78, 5) is 21.4. The number of aryl methyl sites for hydroxylation is 1. The lowest BCUT2D eigenvalue weighted by molar-refractivity contribution is -0.393. The van der Waals surface area contributed by atoms with Gasteiger partial charge < -0.3 is 14.2 Å². The first-order valence-corrected chi connectivity index (χ1v) is 12.8. The van der Waals surface area contributed by atoms with Crippen molar-refractivity contribution in [1.82, 2.24) is 0 Å². The number of nitro groups is 2. The second kappa shape index (κ2) is 11.8. The standard InChI is InChI=1S/C31H26N4O7/c1-19-8-4-5-9-22(19)30-23-10-6-7-11-27(23)42-31(20-12-15-28(40-2)29(16-20)41-3)24(30)18-32-33-25-14-13-21(34(36)37)17-26(25)35(38)39/h4-18,30,33H,1-3H3. The van der Waals surface area contributed by atoms with Crippen molar-refractivity contribution in [3.8, 4) is 17.2 Å². The molecule has 1 atom stereocenters. The molecule has 4 aromatic carbocycles. The second-order valence-electron chi connectivity index (χ2n) is 9.37. The first-order valence-electron chi connectivity index (χ1n) is 12.8. The summed E-state index contributed by atoms with van der Waals surface area (Å²) >= 11 is 0. The van der Waals surface area contributed by atoms with Crippen LogP contribution in [0.2, 0.25) is 0 Å². The van der Waals surface area contributed by atoms with Crippen molar-refractivity contribution in [2.75, 3.05) is 19.6 Å². The number of hydrogen-bond acceptors (Lipinski definition) is 9. The third-order valence-corrected chi connectivity index (χ3v) is 6.94. The average Bonchev–Trinajstić information content (AvgIpc) is 3.00. The van der Waals surface area contributed by atoms with Gasteiger partial charge in [0.1, 0.15) is 17.2 Å². The minimum atomic E-state index is -0.699. The minimum absolute atomic E-state index is 0.000290. The number of para-hydroxylation sites is 1. The van der Waals surface area contributed by atoms with Gasteiger partial charge in [-0.1, -0.05) is 42.5 Å². The lowest BCUT2D eigenvalue weighted by atomic mass is 9.80. The van der Waals surface area contributed by atoms with Crippen molar-refractivity contribution < 1.29 is 24.1 Å². The molecule has 1 heterocycles. The van der Waals surface area contributed by atoms with E-state index < -0.39 is 21.2 Å². The van der Waals surface area contributed by atoms with E-state index in [1.54, 1.807) is 32.6 Å². The van der Waals surface area contributed by atoms with Crippen LogP contribution in [0.25, 0.3) is 5.76 Å². The van der Waals surface area contributed by atoms with E-state index >= 15 is 0 Å². The molecule has 0 saturated carbocycles. The number of nitrogens with zero attached hydrogens (tertiary/aromatic N) is 3. The topological polar surface area (TPSA) is 138 Å². The molecule has 0 aromatic heterocycles. The molecule has 0 bridgehead atoms. The number of ether oxygens (including phenoxy) is 3. The highest BCUT2D eigenvalue weighted by Crippen LogP contribution is 2.46. The van der Waals surface area contributed by atoms with E-state index in [1.165, 1.54) is 12.1 Å². The number of anilines is 1. The van der Waals surface area contributed by atoms with E-state index in [0.29, 0.717) is 34.1 Å². The van der Waals surface area contributed by atoms with Crippen LogP contribution < -0.4 is 19.6 Å². The van der Waals surface area contributed by atoms with Crippen molar-refractivity contribution in [3.05, 3.63) is 133 Å². The van der Waals surface area contributed by atoms with Gasteiger partial charge in [0.2, 0.25) is 0 Å². The summed E-state index contributed by atoms with van der Waals surface area (Å²) < 4.78 is 17.4. The highest BCUT2D eigenvalue weighted by molar-refractivity contribution is 5.95. The number of nitrogens with one attached hydrogen (secondary N) is 1. The highest BCUT2D eigenvalue weighted by atomic mass is 16.6. The minimum Gasteiger partial charge on any atom is -0.493 e. The van der Waals surface area contributed by atoms with Crippen LogP contribution in [0.4, 0.5) is 17.1 Å². The van der Waals surface area contributed by atoms with Crippen molar-refractivity contribution in [1.29, 1.82) is 0 Å². The molecule has 11 heteroatoms. The number of nitro benzene ring substituents is 2. The maximum absolute atomic E-state index is 11.7. The van der Waals surface area contributed by atoms with E-state index in [9.17, 15) is 20.2 Å². The van der Waals surface area contributed by atoms with Gasteiger partial charge in [-0.15, -0.1) is 0 Å². The number of hydrogen-bond donors (Lipinski definition) is 1. The van der Waals surface area contributed by atoms with Crippen LogP contribution in [0.15, 0.2) is 95.6 Å². The molecule has 0 amide bonds. The number of fused-ring (bicyclic) bond motifs is 1. The summed E-state index contributed by atoms with van der Waals surface area (Å²) in [6.45, 7) is 2.02. The van der Waals surface area contributed by atoms with Crippen molar-refractivity contribution in [3.63, 3.8) is 0 Å². The SMILES string of the molecule is COc1ccc(C2=C(C=NNc3ccc([N+](=O)[O-])cc3[N+](=O)[O-])C(c3ccccc3C)c3ccccc3O2)cc1OC. The lowest BCUT2D eigenvalue weighted by Gasteiger charge is -2.30. The molecule has 0 radical (unpaired) electrons. The maximum atomic E-state index is 11.7. The van der Waals surface area contributed by atoms with Gasteiger partial charge in [0.05, 0.1) is 36.3 Å². The molecular formula is C31H26N4O7. The van der Waals surface area contributed by atoms with Crippen molar-refractivity contribution >= 4 is 29.0 Å². The van der Waals surface area contributed by atoms with Gasteiger partial charge in [0, 0.05) is 28.7 Å². The lowest BCUT2D eigenvalue weighted by Crippen LogP contribution is -2.18. The van der Waals surface area contributed by atoms with Gasteiger partial charge >= 0.3 is 5.69 Å². The summed E-state index contributed by atoms with van der Waals surface area (Å²) in [6.07, 6.45) is 1.56. The highest BCUT2D eigenvalue weighted by Gasteiger charge is 2.32. The summed E-state index contributed by atoms with van der Waals surface area (Å²) in [7, 11) is 3.10. The fraction of sp³-hybridized carbons (Fsp3) is 0.129. The summed E-state index contributed by atoms with van der Waals surface area (Å²) in [6, 6.07) is 24.5. The molecule has 5 rings (SSSR count). The Morgan fingerprint density at radius 1 is 0.857 bits per heavy atom. The fourth-order valence-electron chi connectivity index (χ4n) is 4.91. The number of benzene rings is 4. The van der Waals surface area contributed by atoms with Gasteiger partial charge in [-0.25, -0.2) is 0 Å².